The van der Waals surface area contributed by atoms with Gasteiger partial charge in [0.25, 0.3) is 5.91 Å². The second-order valence-corrected chi connectivity index (χ2v) is 10.2. The second-order valence-electron chi connectivity index (χ2n) is 8.06. The number of aryl methyl sites for hydroxylation is 1. The van der Waals surface area contributed by atoms with Crippen molar-refractivity contribution in [2.75, 3.05) is 30.7 Å². The number of carbonyl (C=O) groups is 1. The van der Waals surface area contributed by atoms with Crippen molar-refractivity contribution in [3.63, 3.8) is 0 Å². The van der Waals surface area contributed by atoms with Gasteiger partial charge in [0, 0.05) is 34.4 Å². The number of anilines is 1. The highest BCUT2D eigenvalue weighted by atomic mass is 32.2. The zero-order valence-electron chi connectivity index (χ0n) is 19.4. The third kappa shape index (κ3) is 5.40. The van der Waals surface area contributed by atoms with Gasteiger partial charge in [0.2, 0.25) is 0 Å². The number of aromatic nitrogens is 1. The van der Waals surface area contributed by atoms with E-state index in [2.05, 4.69) is 36.0 Å². The fourth-order valence-electron chi connectivity index (χ4n) is 4.00. The number of benzene rings is 2. The number of hydrogen-bond acceptors (Lipinski definition) is 4. The molecule has 0 fully saturated rings. The van der Waals surface area contributed by atoms with E-state index in [1.165, 1.54) is 17.7 Å². The molecular weight excluding hydrogens is 422 g/mol. The summed E-state index contributed by atoms with van der Waals surface area (Å²) in [4.78, 5) is 18.8. The predicted octanol–water partition coefficient (Wildman–Crippen LogP) is 4.80. The van der Waals surface area contributed by atoms with Crippen molar-refractivity contribution in [1.82, 2.24) is 9.88 Å². The zero-order valence-corrected chi connectivity index (χ0v) is 20.2. The Morgan fingerprint density at radius 3 is 2.34 bits per heavy atom. The van der Waals surface area contributed by atoms with Crippen LogP contribution in [0.15, 0.2) is 47.4 Å². The molecule has 0 bridgehead atoms. The minimum Gasteiger partial charge on any atom is -0.358 e. The maximum atomic E-state index is 12.7. The lowest BCUT2D eigenvalue weighted by atomic mass is 10.1. The van der Waals surface area contributed by atoms with E-state index in [-0.39, 0.29) is 16.6 Å². The van der Waals surface area contributed by atoms with Crippen LogP contribution in [0.2, 0.25) is 0 Å². The molecule has 7 heteroatoms. The molecule has 0 aliphatic heterocycles. The number of H-pyrrole nitrogens is 1. The number of fused-ring (bicyclic) bond motifs is 1. The molecule has 6 nitrogen and oxygen atoms in total. The maximum absolute atomic E-state index is 12.7. The summed E-state index contributed by atoms with van der Waals surface area (Å²) in [6.45, 7) is 11.3. The van der Waals surface area contributed by atoms with Crippen LogP contribution in [0.5, 0.6) is 0 Å². The molecule has 0 aliphatic rings. The summed E-state index contributed by atoms with van der Waals surface area (Å²) in [6.07, 6.45) is 1.50. The monoisotopic (exact) mass is 455 g/mol. The highest BCUT2D eigenvalue weighted by Crippen LogP contribution is 2.26. The van der Waals surface area contributed by atoms with Crippen molar-refractivity contribution in [2.24, 2.45) is 0 Å². The Hall–Kier alpha value is -2.64. The Balaban J connectivity index is 1.78. The molecule has 2 aromatic carbocycles. The van der Waals surface area contributed by atoms with Gasteiger partial charge in [0.1, 0.15) is 0 Å². The van der Waals surface area contributed by atoms with Gasteiger partial charge < -0.3 is 15.2 Å². The maximum Gasteiger partial charge on any atom is 0.255 e. The molecule has 32 heavy (non-hydrogen) atoms. The molecule has 172 valence electrons. The fourth-order valence-corrected chi connectivity index (χ4v) is 5.32. The molecule has 0 aliphatic carbocycles. The molecule has 3 aromatic rings. The summed E-state index contributed by atoms with van der Waals surface area (Å²) in [6, 6.07) is 12.0. The topological polar surface area (TPSA) is 82.3 Å². The summed E-state index contributed by atoms with van der Waals surface area (Å²) in [5.41, 5.74) is 4.62. The molecular formula is C25H33N3O3S. The lowest BCUT2D eigenvalue weighted by molar-refractivity contribution is 0.102. The highest BCUT2D eigenvalue weighted by Gasteiger charge is 2.15. The molecule has 1 amide bonds. The van der Waals surface area contributed by atoms with Crippen molar-refractivity contribution < 1.29 is 13.2 Å². The van der Waals surface area contributed by atoms with Crippen LogP contribution >= 0.6 is 0 Å². The number of hydrogen-bond donors (Lipinski definition) is 2. The number of nitrogens with one attached hydrogen (secondary N) is 2. The van der Waals surface area contributed by atoms with E-state index in [4.69, 9.17) is 0 Å². The first-order valence-electron chi connectivity index (χ1n) is 11.3. The van der Waals surface area contributed by atoms with Gasteiger partial charge in [-0.15, -0.1) is 0 Å². The molecule has 0 atom stereocenters. The van der Waals surface area contributed by atoms with Crippen LogP contribution in [0.25, 0.3) is 10.9 Å². The van der Waals surface area contributed by atoms with Crippen molar-refractivity contribution in [1.29, 1.82) is 0 Å². The van der Waals surface area contributed by atoms with Crippen LogP contribution in [-0.2, 0) is 16.3 Å². The largest absolute Gasteiger partial charge is 0.358 e. The molecule has 0 unspecified atom stereocenters. The Bertz CT molecular complexity index is 1180. The first-order chi connectivity index (χ1) is 15.3. The fraction of sp³-hybridized carbons (Fsp3) is 0.400. The second kappa shape index (κ2) is 10.3. The molecule has 2 N–H and O–H groups in total. The minimum absolute atomic E-state index is 0.102. The average Bonchev–Trinajstić information content (AvgIpc) is 3.09. The van der Waals surface area contributed by atoms with Crippen LogP contribution in [-0.4, -0.2) is 49.6 Å². The highest BCUT2D eigenvalue weighted by molar-refractivity contribution is 7.91. The minimum atomic E-state index is -3.29. The summed E-state index contributed by atoms with van der Waals surface area (Å²) >= 11 is 0. The number of nitrogens with zero attached hydrogens (tertiary/aromatic N) is 1. The average molecular weight is 456 g/mol. The molecule has 3 rings (SSSR count). The Kier molecular flexibility index (Phi) is 7.74. The normalized spacial score (nSPS) is 11.9. The first-order valence-corrected chi connectivity index (χ1v) is 12.9. The lowest BCUT2D eigenvalue weighted by Gasteiger charge is -2.17. The number of rotatable bonds is 10. The van der Waals surface area contributed by atoms with Gasteiger partial charge >= 0.3 is 0 Å². The number of aromatic amines is 1. The van der Waals surface area contributed by atoms with Crippen LogP contribution in [0.1, 0.15) is 48.8 Å². The van der Waals surface area contributed by atoms with Crippen LogP contribution in [0.3, 0.4) is 0 Å². The summed E-state index contributed by atoms with van der Waals surface area (Å²) in [7, 11) is -3.29. The number of likely N-dealkylation sites (N-methyl/N-ethyl adjacent to an activating group) is 1. The Morgan fingerprint density at radius 2 is 1.72 bits per heavy atom. The van der Waals surface area contributed by atoms with Gasteiger partial charge in [-0.2, -0.15) is 0 Å². The summed E-state index contributed by atoms with van der Waals surface area (Å²) in [5, 5.41) is 4.06. The van der Waals surface area contributed by atoms with E-state index in [1.54, 1.807) is 12.1 Å². The molecule has 1 heterocycles. The Labute approximate surface area is 190 Å². The summed E-state index contributed by atoms with van der Waals surface area (Å²) in [5.74, 6) is -0.161. The van der Waals surface area contributed by atoms with E-state index in [9.17, 15) is 13.2 Å². The van der Waals surface area contributed by atoms with Crippen LogP contribution < -0.4 is 5.32 Å². The van der Waals surface area contributed by atoms with Crippen molar-refractivity contribution in [2.45, 2.75) is 45.4 Å². The number of carbonyl (C=O) groups excluding carboxylic acids is 1. The molecule has 1 aromatic heterocycles. The van der Waals surface area contributed by atoms with E-state index < -0.39 is 9.84 Å². The third-order valence-electron chi connectivity index (χ3n) is 5.90. The van der Waals surface area contributed by atoms with Gasteiger partial charge in [-0.1, -0.05) is 20.8 Å². The molecule has 0 saturated carbocycles. The standard InChI is InChI=1S/C25H33N3O3S/c1-5-16-32(30,31)21-11-8-19(9-12-21)25(29)27-20-10-13-24-23(17-20)22(18(4)26-24)14-15-28(6-2)7-3/h8-13,17,26H,5-7,14-16H2,1-4H3,(H,27,29). The van der Waals surface area contributed by atoms with Gasteiger partial charge in [-0.05, 0) is 80.9 Å². The number of sulfone groups is 1. The van der Waals surface area contributed by atoms with Gasteiger partial charge in [0.15, 0.2) is 9.84 Å². The van der Waals surface area contributed by atoms with Gasteiger partial charge in [-0.3, -0.25) is 4.79 Å². The van der Waals surface area contributed by atoms with E-state index in [0.717, 1.165) is 42.7 Å². The van der Waals surface area contributed by atoms with Crippen LogP contribution in [0.4, 0.5) is 5.69 Å². The Morgan fingerprint density at radius 1 is 1.03 bits per heavy atom. The molecule has 0 radical (unpaired) electrons. The quantitative estimate of drug-likeness (QED) is 0.460. The van der Waals surface area contributed by atoms with E-state index >= 15 is 0 Å². The third-order valence-corrected chi connectivity index (χ3v) is 7.83. The van der Waals surface area contributed by atoms with E-state index in [0.29, 0.717) is 17.7 Å². The molecule has 0 saturated heterocycles. The van der Waals surface area contributed by atoms with Crippen LogP contribution in [0, 0.1) is 6.92 Å². The van der Waals surface area contributed by atoms with E-state index in [1.807, 2.05) is 25.1 Å². The predicted molar refractivity (Wildman–Crippen MR) is 131 cm³/mol. The van der Waals surface area contributed by atoms with Gasteiger partial charge in [0.05, 0.1) is 10.6 Å². The van der Waals surface area contributed by atoms with Crippen molar-refractivity contribution in [3.8, 4) is 0 Å². The first kappa shape index (κ1) is 24.0. The van der Waals surface area contributed by atoms with Gasteiger partial charge in [-0.25, -0.2) is 8.42 Å². The number of amides is 1. The smallest absolute Gasteiger partial charge is 0.255 e. The molecule has 0 spiro atoms. The van der Waals surface area contributed by atoms with Crippen molar-refractivity contribution >= 4 is 32.3 Å². The SMILES string of the molecule is CCCS(=O)(=O)c1ccc(C(=O)Nc2ccc3[nH]c(C)c(CCN(CC)CC)c3c2)cc1. The lowest BCUT2D eigenvalue weighted by Crippen LogP contribution is -2.25. The van der Waals surface area contributed by atoms with Crippen molar-refractivity contribution in [3.05, 3.63) is 59.3 Å². The summed E-state index contributed by atoms with van der Waals surface area (Å²) < 4.78 is 24.4. The zero-order chi connectivity index (χ0) is 23.3.